The minimum atomic E-state index is -4.58. The maximum Gasteiger partial charge on any atom is 0.402 e. The molecule has 0 radical (unpaired) electrons. The topological polar surface area (TPSA) is 46.2 Å². The number of thiophene rings is 1. The molecule has 1 N–H and O–H groups in total. The fraction of sp³-hybridized carbons (Fsp3) is 0.333. The SMILES string of the molecule is O=S(=O)(NCC(F)(F)F)c1ccc(Cl)s1. The molecule has 86 valence electrons. The van der Waals surface area contributed by atoms with Crippen LogP contribution in [0.4, 0.5) is 13.2 Å². The molecule has 0 amide bonds. The maximum atomic E-state index is 11.8. The Morgan fingerprint density at radius 1 is 1.40 bits per heavy atom. The second kappa shape index (κ2) is 4.28. The number of hydrogen-bond acceptors (Lipinski definition) is 3. The van der Waals surface area contributed by atoms with Crippen molar-refractivity contribution in [1.82, 2.24) is 4.72 Å². The first-order chi connectivity index (χ1) is 6.71. The molecular formula is C6H5ClF3NO2S2. The highest BCUT2D eigenvalue weighted by molar-refractivity contribution is 7.91. The number of halogens is 4. The summed E-state index contributed by atoms with van der Waals surface area (Å²) in [5.41, 5.74) is 0. The predicted octanol–water partition coefficient (Wildman–Crippen LogP) is 2.24. The number of hydrogen-bond donors (Lipinski definition) is 1. The Labute approximate surface area is 92.9 Å². The molecule has 0 unspecified atom stereocenters. The smallest absolute Gasteiger partial charge is 0.206 e. The van der Waals surface area contributed by atoms with E-state index in [-0.39, 0.29) is 8.55 Å². The summed E-state index contributed by atoms with van der Waals surface area (Å²) in [4.78, 5) is 0. The third-order valence-electron chi connectivity index (χ3n) is 1.28. The van der Waals surface area contributed by atoms with E-state index in [9.17, 15) is 21.6 Å². The zero-order valence-corrected chi connectivity index (χ0v) is 9.40. The van der Waals surface area contributed by atoms with Crippen LogP contribution in [0.15, 0.2) is 16.3 Å². The standard InChI is InChI=1S/C6H5ClF3NO2S2/c7-4-1-2-5(14-4)15(12,13)11-3-6(8,9)10/h1-2,11H,3H2. The Hall–Kier alpha value is -0.310. The molecule has 0 aromatic carbocycles. The van der Waals surface area contributed by atoms with Crippen LogP contribution in [0.5, 0.6) is 0 Å². The van der Waals surface area contributed by atoms with E-state index in [1.54, 1.807) is 0 Å². The lowest BCUT2D eigenvalue weighted by Crippen LogP contribution is -2.33. The summed E-state index contributed by atoms with van der Waals surface area (Å²) in [6.45, 7) is -1.59. The van der Waals surface area contributed by atoms with E-state index in [0.29, 0.717) is 11.3 Å². The van der Waals surface area contributed by atoms with Crippen molar-refractivity contribution in [2.45, 2.75) is 10.4 Å². The van der Waals surface area contributed by atoms with Gasteiger partial charge >= 0.3 is 6.18 Å². The quantitative estimate of drug-likeness (QED) is 0.922. The summed E-state index contributed by atoms with van der Waals surface area (Å²) in [5.74, 6) is 0. The molecule has 0 aliphatic carbocycles. The van der Waals surface area contributed by atoms with Crippen molar-refractivity contribution in [2.75, 3.05) is 6.54 Å². The minimum absolute atomic E-state index is 0.197. The number of alkyl halides is 3. The lowest BCUT2D eigenvalue weighted by Gasteiger charge is -2.07. The van der Waals surface area contributed by atoms with E-state index in [1.165, 1.54) is 10.8 Å². The van der Waals surface area contributed by atoms with Crippen LogP contribution in [0.1, 0.15) is 0 Å². The number of sulfonamides is 1. The first-order valence-corrected chi connectivity index (χ1v) is 6.20. The van der Waals surface area contributed by atoms with Crippen LogP contribution in [0.2, 0.25) is 4.34 Å². The van der Waals surface area contributed by atoms with Gasteiger partial charge in [-0.3, -0.25) is 0 Å². The second-order valence-corrected chi connectivity index (χ2v) is 6.21. The van der Waals surface area contributed by atoms with Gasteiger partial charge in [-0.15, -0.1) is 11.3 Å². The molecule has 0 saturated heterocycles. The van der Waals surface area contributed by atoms with Crippen molar-refractivity contribution in [1.29, 1.82) is 0 Å². The summed E-state index contributed by atoms with van der Waals surface area (Å²) in [5, 5.41) is 0. The number of nitrogens with one attached hydrogen (secondary N) is 1. The lowest BCUT2D eigenvalue weighted by atomic mass is 10.7. The van der Waals surface area contributed by atoms with Crippen LogP contribution in [0, 0.1) is 0 Å². The van der Waals surface area contributed by atoms with Crippen molar-refractivity contribution in [3.63, 3.8) is 0 Å². The van der Waals surface area contributed by atoms with Gasteiger partial charge in [0.25, 0.3) is 0 Å². The Bertz CT molecular complexity index is 439. The van der Waals surface area contributed by atoms with Crippen molar-refractivity contribution in [2.24, 2.45) is 0 Å². The van der Waals surface area contributed by atoms with E-state index in [1.807, 2.05) is 0 Å². The second-order valence-electron chi connectivity index (χ2n) is 2.50. The highest BCUT2D eigenvalue weighted by Gasteiger charge is 2.30. The zero-order chi connectivity index (χ0) is 11.7. The molecular weight excluding hydrogens is 275 g/mol. The highest BCUT2D eigenvalue weighted by Crippen LogP contribution is 2.25. The average Bonchev–Trinajstić information content (AvgIpc) is 2.48. The molecule has 9 heteroatoms. The van der Waals surface area contributed by atoms with E-state index in [0.717, 1.165) is 6.07 Å². The molecule has 0 saturated carbocycles. The largest absolute Gasteiger partial charge is 0.402 e. The molecule has 0 atom stereocenters. The molecule has 3 nitrogen and oxygen atoms in total. The molecule has 0 aliphatic rings. The van der Waals surface area contributed by atoms with Crippen LogP contribution in [0.25, 0.3) is 0 Å². The van der Waals surface area contributed by atoms with E-state index in [4.69, 9.17) is 11.6 Å². The molecule has 1 aromatic heterocycles. The van der Waals surface area contributed by atoms with Crippen LogP contribution in [0.3, 0.4) is 0 Å². The monoisotopic (exact) mass is 279 g/mol. The fourth-order valence-electron chi connectivity index (χ4n) is 0.690. The summed E-state index contributed by atoms with van der Waals surface area (Å²) in [7, 11) is -4.11. The van der Waals surface area contributed by atoms with Gasteiger partial charge in [0.2, 0.25) is 10.0 Å². The summed E-state index contributed by atoms with van der Waals surface area (Å²) >= 11 is 6.15. The fourth-order valence-corrected chi connectivity index (χ4v) is 3.23. The summed E-state index contributed by atoms with van der Waals surface area (Å²) in [6, 6.07) is 2.44. The van der Waals surface area contributed by atoms with Crippen molar-refractivity contribution in [3.8, 4) is 0 Å². The van der Waals surface area contributed by atoms with Gasteiger partial charge in [0.05, 0.1) is 4.34 Å². The van der Waals surface area contributed by atoms with E-state index >= 15 is 0 Å². The van der Waals surface area contributed by atoms with Gasteiger partial charge in [0, 0.05) is 0 Å². The van der Waals surface area contributed by atoms with Crippen LogP contribution < -0.4 is 4.72 Å². The number of rotatable bonds is 3. The van der Waals surface area contributed by atoms with Crippen molar-refractivity contribution in [3.05, 3.63) is 16.5 Å². The summed E-state index contributed by atoms with van der Waals surface area (Å²) < 4.78 is 59.1. The van der Waals surface area contributed by atoms with Gasteiger partial charge in [0.1, 0.15) is 10.8 Å². The Kier molecular flexibility index (Phi) is 3.64. The van der Waals surface area contributed by atoms with Crippen LogP contribution in [-0.2, 0) is 10.0 Å². The normalized spacial score (nSPS) is 13.1. The predicted molar refractivity (Wildman–Crippen MR) is 50.6 cm³/mol. The maximum absolute atomic E-state index is 11.8. The Morgan fingerprint density at radius 2 is 2.00 bits per heavy atom. The molecule has 0 aliphatic heterocycles. The van der Waals surface area contributed by atoms with E-state index < -0.39 is 22.7 Å². The first kappa shape index (κ1) is 12.8. The first-order valence-electron chi connectivity index (χ1n) is 3.52. The molecule has 15 heavy (non-hydrogen) atoms. The van der Waals surface area contributed by atoms with Gasteiger partial charge in [-0.2, -0.15) is 13.2 Å². The molecule has 0 bridgehead atoms. The Balaban J connectivity index is 2.77. The lowest BCUT2D eigenvalue weighted by molar-refractivity contribution is -0.121. The molecule has 0 spiro atoms. The molecule has 1 aromatic rings. The molecule has 0 fully saturated rings. The van der Waals surface area contributed by atoms with Gasteiger partial charge in [0.15, 0.2) is 0 Å². The van der Waals surface area contributed by atoms with Gasteiger partial charge in [-0.1, -0.05) is 11.6 Å². The van der Waals surface area contributed by atoms with Gasteiger partial charge < -0.3 is 0 Å². The Morgan fingerprint density at radius 3 is 2.40 bits per heavy atom. The average molecular weight is 280 g/mol. The van der Waals surface area contributed by atoms with Crippen LogP contribution >= 0.6 is 22.9 Å². The van der Waals surface area contributed by atoms with Gasteiger partial charge in [-0.25, -0.2) is 13.1 Å². The molecule has 1 heterocycles. The van der Waals surface area contributed by atoms with Crippen LogP contribution in [-0.4, -0.2) is 21.1 Å². The molecule has 1 rings (SSSR count). The third kappa shape index (κ3) is 3.98. The van der Waals surface area contributed by atoms with Gasteiger partial charge in [-0.05, 0) is 12.1 Å². The summed E-state index contributed by atoms with van der Waals surface area (Å²) in [6.07, 6.45) is -4.58. The van der Waals surface area contributed by atoms with Crippen molar-refractivity contribution >= 4 is 33.0 Å². The zero-order valence-electron chi connectivity index (χ0n) is 7.01. The third-order valence-corrected chi connectivity index (χ3v) is 4.40. The highest BCUT2D eigenvalue weighted by atomic mass is 35.5. The minimum Gasteiger partial charge on any atom is -0.206 e. The van der Waals surface area contributed by atoms with E-state index in [2.05, 4.69) is 0 Å². The van der Waals surface area contributed by atoms with Crippen molar-refractivity contribution < 1.29 is 21.6 Å².